The van der Waals surface area contributed by atoms with Gasteiger partial charge in [-0.3, -0.25) is 9.36 Å². The van der Waals surface area contributed by atoms with E-state index in [2.05, 4.69) is 15.3 Å². The maximum absolute atomic E-state index is 11.8. The van der Waals surface area contributed by atoms with Crippen LogP contribution in [-0.4, -0.2) is 27.0 Å². The van der Waals surface area contributed by atoms with Gasteiger partial charge in [0.25, 0.3) is 0 Å². The maximum atomic E-state index is 11.8. The molecular weight excluding hydrogens is 290 g/mol. The number of amides is 1. The molecule has 0 radical (unpaired) electrons. The van der Waals surface area contributed by atoms with Gasteiger partial charge >= 0.3 is 0 Å². The number of rotatable bonds is 9. The number of carbonyl (C=O) groups is 1. The maximum Gasteiger partial charge on any atom is 0.220 e. The van der Waals surface area contributed by atoms with Crippen molar-refractivity contribution in [3.63, 3.8) is 0 Å². The smallest absolute Gasteiger partial charge is 0.220 e. The van der Waals surface area contributed by atoms with E-state index in [9.17, 15) is 4.79 Å². The summed E-state index contributed by atoms with van der Waals surface area (Å²) in [5.74, 6) is 1.82. The van der Waals surface area contributed by atoms with E-state index in [0.717, 1.165) is 49.4 Å². The zero-order valence-corrected chi connectivity index (χ0v) is 13.7. The number of aryl methyl sites for hydroxylation is 1. The number of unbranched alkanes of at least 4 members (excludes halogenated alkanes) is 3. The van der Waals surface area contributed by atoms with Crippen molar-refractivity contribution in [1.29, 1.82) is 0 Å². The minimum atomic E-state index is 0.0901. The van der Waals surface area contributed by atoms with E-state index in [1.165, 1.54) is 0 Å². The molecule has 23 heavy (non-hydrogen) atoms. The number of aromatic nitrogens is 3. The van der Waals surface area contributed by atoms with Crippen LogP contribution in [0, 0.1) is 6.92 Å². The summed E-state index contributed by atoms with van der Waals surface area (Å²) in [5, 5.41) is 2.93. The van der Waals surface area contributed by atoms with Crippen molar-refractivity contribution in [3.05, 3.63) is 42.1 Å². The number of hydrogen-bond donors (Lipinski definition) is 2. The van der Waals surface area contributed by atoms with Crippen molar-refractivity contribution >= 4 is 5.91 Å². The molecule has 0 saturated heterocycles. The third kappa shape index (κ3) is 5.49. The van der Waals surface area contributed by atoms with Crippen LogP contribution >= 0.6 is 0 Å². The third-order valence-electron chi connectivity index (χ3n) is 3.73. The molecule has 0 atom stereocenters. The van der Waals surface area contributed by atoms with Gasteiger partial charge in [0.2, 0.25) is 5.91 Å². The normalized spacial score (nSPS) is 10.7. The van der Waals surface area contributed by atoms with Crippen molar-refractivity contribution in [2.75, 3.05) is 6.54 Å². The van der Waals surface area contributed by atoms with Crippen molar-refractivity contribution < 1.29 is 4.79 Å². The second-order valence-corrected chi connectivity index (χ2v) is 5.60. The Bertz CT molecular complexity index is 606. The first kappa shape index (κ1) is 17.1. The van der Waals surface area contributed by atoms with Crippen molar-refractivity contribution in [2.45, 2.75) is 45.6 Å². The number of nitrogens with two attached hydrogens (primary N) is 1. The highest BCUT2D eigenvalue weighted by molar-refractivity contribution is 5.75. The molecule has 6 heteroatoms. The predicted octanol–water partition coefficient (Wildman–Crippen LogP) is 2.10. The molecule has 0 fully saturated rings. The predicted molar refractivity (Wildman–Crippen MR) is 90.1 cm³/mol. The standard InChI is InChI=1S/C17H25N5O/c1-14-19-10-11-22(14)16-8-7-15(12-20-16)13-21-17(23)6-4-2-3-5-9-18/h7-8,10-12H,2-6,9,13,18H2,1H3,(H,21,23). The zero-order valence-electron chi connectivity index (χ0n) is 13.7. The van der Waals surface area contributed by atoms with E-state index in [4.69, 9.17) is 5.73 Å². The summed E-state index contributed by atoms with van der Waals surface area (Å²) in [6.07, 6.45) is 10.1. The lowest BCUT2D eigenvalue weighted by molar-refractivity contribution is -0.121. The number of nitrogens with one attached hydrogen (secondary N) is 1. The molecule has 124 valence electrons. The number of hydrogen-bond acceptors (Lipinski definition) is 4. The zero-order chi connectivity index (χ0) is 16.5. The van der Waals surface area contributed by atoms with Crippen LogP contribution in [0.15, 0.2) is 30.7 Å². The molecule has 6 nitrogen and oxygen atoms in total. The number of imidazole rings is 1. The van der Waals surface area contributed by atoms with Gasteiger partial charge in [0, 0.05) is 31.6 Å². The summed E-state index contributed by atoms with van der Waals surface area (Å²) in [6.45, 7) is 3.18. The molecule has 3 N–H and O–H groups in total. The van der Waals surface area contributed by atoms with Crippen molar-refractivity contribution in [1.82, 2.24) is 19.9 Å². The second-order valence-electron chi connectivity index (χ2n) is 5.60. The highest BCUT2D eigenvalue weighted by Gasteiger charge is 2.04. The Morgan fingerprint density at radius 3 is 2.70 bits per heavy atom. The molecule has 0 saturated carbocycles. The van der Waals surface area contributed by atoms with Crippen LogP contribution in [0.2, 0.25) is 0 Å². The second kappa shape index (κ2) is 9.05. The SMILES string of the molecule is Cc1nccn1-c1ccc(CNC(=O)CCCCCCN)cn1. The number of carbonyl (C=O) groups excluding carboxylic acids is 1. The summed E-state index contributed by atoms with van der Waals surface area (Å²) in [4.78, 5) is 20.4. The molecule has 1 amide bonds. The van der Waals surface area contributed by atoms with Crippen LogP contribution in [0.4, 0.5) is 0 Å². The van der Waals surface area contributed by atoms with E-state index >= 15 is 0 Å². The molecule has 0 bridgehead atoms. The first-order valence-electron chi connectivity index (χ1n) is 8.12. The molecule has 0 unspecified atom stereocenters. The quantitative estimate of drug-likeness (QED) is 0.694. The Morgan fingerprint density at radius 2 is 2.04 bits per heavy atom. The van der Waals surface area contributed by atoms with Gasteiger partial charge in [0.1, 0.15) is 11.6 Å². The molecule has 0 aliphatic rings. The molecule has 0 aliphatic heterocycles. The summed E-state index contributed by atoms with van der Waals surface area (Å²) < 4.78 is 1.92. The van der Waals surface area contributed by atoms with Gasteiger partial charge < -0.3 is 11.1 Å². The van der Waals surface area contributed by atoms with E-state index < -0.39 is 0 Å². The fourth-order valence-electron chi connectivity index (χ4n) is 2.36. The molecule has 0 spiro atoms. The fraction of sp³-hybridized carbons (Fsp3) is 0.471. The summed E-state index contributed by atoms with van der Waals surface area (Å²) in [7, 11) is 0. The molecule has 2 rings (SSSR count). The first-order chi connectivity index (χ1) is 11.2. The highest BCUT2D eigenvalue weighted by atomic mass is 16.1. The minimum absolute atomic E-state index is 0.0901. The Labute approximate surface area is 137 Å². The lowest BCUT2D eigenvalue weighted by atomic mass is 10.1. The van der Waals surface area contributed by atoms with Crippen molar-refractivity contribution in [3.8, 4) is 5.82 Å². The van der Waals surface area contributed by atoms with Crippen LogP contribution in [0.1, 0.15) is 43.5 Å². The van der Waals surface area contributed by atoms with E-state index in [1.54, 1.807) is 12.4 Å². The Hall–Kier alpha value is -2.21. The van der Waals surface area contributed by atoms with Crippen LogP contribution in [-0.2, 0) is 11.3 Å². The fourth-order valence-corrected chi connectivity index (χ4v) is 2.36. The van der Waals surface area contributed by atoms with Gasteiger partial charge in [-0.1, -0.05) is 18.9 Å². The minimum Gasteiger partial charge on any atom is -0.352 e. The molecule has 2 aromatic heterocycles. The average Bonchev–Trinajstić information content (AvgIpc) is 2.99. The lowest BCUT2D eigenvalue weighted by Gasteiger charge is -2.07. The van der Waals surface area contributed by atoms with Gasteiger partial charge in [-0.05, 0) is 37.9 Å². The summed E-state index contributed by atoms with van der Waals surface area (Å²) >= 11 is 0. The van der Waals surface area contributed by atoms with Crippen LogP contribution in [0.5, 0.6) is 0 Å². The molecule has 0 aliphatic carbocycles. The van der Waals surface area contributed by atoms with Gasteiger partial charge in [0.15, 0.2) is 0 Å². The molecular formula is C17H25N5O. The van der Waals surface area contributed by atoms with E-state index in [0.29, 0.717) is 13.0 Å². The van der Waals surface area contributed by atoms with E-state index in [-0.39, 0.29) is 5.91 Å². The Balaban J connectivity index is 1.74. The van der Waals surface area contributed by atoms with Gasteiger partial charge in [-0.15, -0.1) is 0 Å². The van der Waals surface area contributed by atoms with Gasteiger partial charge in [-0.2, -0.15) is 0 Å². The number of pyridine rings is 1. The largest absolute Gasteiger partial charge is 0.352 e. The van der Waals surface area contributed by atoms with Crippen molar-refractivity contribution in [2.24, 2.45) is 5.73 Å². The van der Waals surface area contributed by atoms with Crippen LogP contribution in [0.25, 0.3) is 5.82 Å². The lowest BCUT2D eigenvalue weighted by Crippen LogP contribution is -2.22. The van der Waals surface area contributed by atoms with E-state index in [1.807, 2.05) is 29.8 Å². The van der Waals surface area contributed by atoms with Gasteiger partial charge in [0.05, 0.1) is 0 Å². The molecule has 2 aromatic rings. The monoisotopic (exact) mass is 315 g/mol. The highest BCUT2D eigenvalue weighted by Crippen LogP contribution is 2.08. The number of nitrogens with zero attached hydrogens (tertiary/aromatic N) is 3. The van der Waals surface area contributed by atoms with Crippen LogP contribution < -0.4 is 11.1 Å². The topological polar surface area (TPSA) is 85.8 Å². The van der Waals surface area contributed by atoms with Crippen LogP contribution in [0.3, 0.4) is 0 Å². The Kier molecular flexibility index (Phi) is 6.75. The average molecular weight is 315 g/mol. The third-order valence-corrected chi connectivity index (χ3v) is 3.73. The summed E-state index contributed by atoms with van der Waals surface area (Å²) in [5.41, 5.74) is 6.43. The first-order valence-corrected chi connectivity index (χ1v) is 8.12. The molecule has 0 aromatic carbocycles. The summed E-state index contributed by atoms with van der Waals surface area (Å²) in [6, 6.07) is 3.91. The Morgan fingerprint density at radius 1 is 1.22 bits per heavy atom. The molecule has 2 heterocycles. The van der Waals surface area contributed by atoms with Gasteiger partial charge in [-0.25, -0.2) is 9.97 Å².